The zero-order valence-corrected chi connectivity index (χ0v) is 6.19. The van der Waals surface area contributed by atoms with Crippen LogP contribution in [-0.4, -0.2) is 17.2 Å². The fourth-order valence-electron chi connectivity index (χ4n) is 0.341. The van der Waals surface area contributed by atoms with Crippen LogP contribution in [0.2, 0.25) is 0 Å². The van der Waals surface area contributed by atoms with Gasteiger partial charge >= 0.3 is 6.18 Å². The molecule has 62 valence electrons. The molecule has 0 bridgehead atoms. The van der Waals surface area contributed by atoms with Crippen LogP contribution in [0, 0.1) is 0 Å². The highest BCUT2D eigenvalue weighted by Crippen LogP contribution is 2.33. The highest BCUT2D eigenvalue weighted by Gasteiger charge is 2.41. The summed E-state index contributed by atoms with van der Waals surface area (Å²) in [4.78, 5) is 0. The lowest BCUT2D eigenvalue weighted by molar-refractivity contribution is -0.148. The van der Waals surface area contributed by atoms with Crippen LogP contribution in [0.4, 0.5) is 17.6 Å². The van der Waals surface area contributed by atoms with Crippen molar-refractivity contribution in [3.63, 3.8) is 0 Å². The molecule has 0 aromatic rings. The van der Waals surface area contributed by atoms with Crippen LogP contribution in [0.5, 0.6) is 0 Å². The summed E-state index contributed by atoms with van der Waals surface area (Å²) >= 11 is 9.48. The van der Waals surface area contributed by atoms with Crippen molar-refractivity contribution < 1.29 is 17.6 Å². The molecule has 0 nitrogen and oxygen atoms in total. The van der Waals surface area contributed by atoms with Gasteiger partial charge in [0.1, 0.15) is 0 Å². The molecule has 0 radical (unpaired) electrons. The Morgan fingerprint density at radius 2 is 1.50 bits per heavy atom. The quantitative estimate of drug-likeness (QED) is 0.473. The highest BCUT2D eigenvalue weighted by molar-refractivity contribution is 6.29. The Balaban J connectivity index is 3.89. The first-order valence-electron chi connectivity index (χ1n) is 2.27. The minimum atomic E-state index is -4.61. The summed E-state index contributed by atoms with van der Waals surface area (Å²) < 4.78 is 46.3. The van der Waals surface area contributed by atoms with E-state index in [2.05, 4.69) is 11.6 Å². The minimum absolute atomic E-state index is 0.867. The third kappa shape index (κ3) is 5.11. The third-order valence-electron chi connectivity index (χ3n) is 0.655. The zero-order chi connectivity index (χ0) is 8.41. The third-order valence-corrected chi connectivity index (χ3v) is 1.48. The van der Waals surface area contributed by atoms with E-state index in [0.29, 0.717) is 0 Å². The second-order valence-corrected chi connectivity index (χ2v) is 2.73. The summed E-state index contributed by atoms with van der Waals surface area (Å²) in [5.41, 5.74) is 0. The summed E-state index contributed by atoms with van der Waals surface area (Å²) in [6.07, 6.45) is -6.32. The van der Waals surface area contributed by atoms with E-state index in [0.717, 1.165) is 0 Å². The van der Waals surface area contributed by atoms with E-state index in [1.165, 1.54) is 0 Å². The average molecular weight is 199 g/mol. The molecule has 1 atom stereocenters. The molecule has 0 aliphatic carbocycles. The van der Waals surface area contributed by atoms with Crippen LogP contribution in [0.1, 0.15) is 6.42 Å². The van der Waals surface area contributed by atoms with Gasteiger partial charge in [0.05, 0.1) is 12.3 Å². The van der Waals surface area contributed by atoms with Crippen molar-refractivity contribution in [2.24, 2.45) is 0 Å². The van der Waals surface area contributed by atoms with Gasteiger partial charge in [-0.2, -0.15) is 13.2 Å². The van der Waals surface area contributed by atoms with Crippen molar-refractivity contribution in [2.75, 3.05) is 5.88 Å². The van der Waals surface area contributed by atoms with Gasteiger partial charge in [0, 0.05) is 0 Å². The van der Waals surface area contributed by atoms with Crippen molar-refractivity contribution in [1.29, 1.82) is 0 Å². The highest BCUT2D eigenvalue weighted by atomic mass is 35.5. The summed E-state index contributed by atoms with van der Waals surface area (Å²) in [5, 5.41) is -2.86. The average Bonchev–Trinajstić information content (AvgIpc) is 1.60. The van der Waals surface area contributed by atoms with E-state index in [1.54, 1.807) is 0 Å². The van der Waals surface area contributed by atoms with Crippen molar-refractivity contribution in [3.8, 4) is 0 Å². The fourth-order valence-corrected chi connectivity index (χ4v) is 0.587. The van der Waals surface area contributed by atoms with Crippen LogP contribution in [0.3, 0.4) is 0 Å². The van der Waals surface area contributed by atoms with Gasteiger partial charge in [0.15, 0.2) is 0 Å². The van der Waals surface area contributed by atoms with E-state index in [1.807, 2.05) is 0 Å². The predicted molar refractivity (Wildman–Crippen MR) is 31.1 cm³/mol. The van der Waals surface area contributed by atoms with Gasteiger partial charge in [-0.15, -0.1) is 11.6 Å². The maximum Gasteiger partial charge on any atom is 0.393 e. The summed E-state index contributed by atoms with van der Waals surface area (Å²) in [5.74, 6) is -0.867. The first-order valence-corrected chi connectivity index (χ1v) is 3.19. The number of hydrogen-bond donors (Lipinski definition) is 0. The Labute approximate surface area is 65.1 Å². The van der Waals surface area contributed by atoms with Gasteiger partial charge in [-0.1, -0.05) is 11.6 Å². The lowest BCUT2D eigenvalue weighted by atomic mass is 10.3. The standard InChI is InChI=1S/C4H4Cl2F4/c5-2-3(6,7)1-4(8,9)10/h1-2H2/t3-/m1/s1. The topological polar surface area (TPSA) is 0 Å². The summed E-state index contributed by atoms with van der Waals surface area (Å²) in [6, 6.07) is 0. The van der Waals surface area contributed by atoms with Gasteiger partial charge in [-0.3, -0.25) is 0 Å². The van der Waals surface area contributed by atoms with Gasteiger partial charge in [0.25, 0.3) is 0 Å². The van der Waals surface area contributed by atoms with Crippen LogP contribution in [0.25, 0.3) is 0 Å². The lowest BCUT2D eigenvalue weighted by Gasteiger charge is -2.15. The molecule has 0 saturated carbocycles. The zero-order valence-electron chi connectivity index (χ0n) is 4.68. The Hall–Kier alpha value is 0.300. The second-order valence-electron chi connectivity index (χ2n) is 1.78. The molecule has 0 spiro atoms. The Kier molecular flexibility index (Phi) is 3.23. The molecule has 0 saturated heterocycles. The monoisotopic (exact) mass is 198 g/mol. The molecule has 0 aromatic carbocycles. The number of alkyl halides is 6. The van der Waals surface area contributed by atoms with Gasteiger partial charge in [0.2, 0.25) is 5.13 Å². The molecule has 0 amide bonds. The second kappa shape index (κ2) is 3.13. The molecule has 0 aromatic heterocycles. The maximum atomic E-state index is 12.2. The Morgan fingerprint density at radius 1 is 1.10 bits per heavy atom. The predicted octanol–water partition coefficient (Wildman–Crippen LogP) is 3.08. The Bertz CT molecular complexity index is 108. The van der Waals surface area contributed by atoms with Crippen molar-refractivity contribution in [2.45, 2.75) is 17.7 Å². The molecule has 0 heterocycles. The van der Waals surface area contributed by atoms with E-state index in [-0.39, 0.29) is 0 Å². The smallest absolute Gasteiger partial charge is 0.225 e. The first-order chi connectivity index (χ1) is 4.27. The largest absolute Gasteiger partial charge is 0.393 e. The van der Waals surface area contributed by atoms with Crippen molar-refractivity contribution in [3.05, 3.63) is 0 Å². The molecule has 0 aliphatic rings. The molecular weight excluding hydrogens is 195 g/mol. The van der Waals surface area contributed by atoms with E-state index < -0.39 is 23.6 Å². The van der Waals surface area contributed by atoms with Crippen LogP contribution >= 0.6 is 23.2 Å². The van der Waals surface area contributed by atoms with Crippen molar-refractivity contribution in [1.82, 2.24) is 0 Å². The summed E-state index contributed by atoms with van der Waals surface area (Å²) in [6.45, 7) is 0. The van der Waals surface area contributed by atoms with Gasteiger partial charge < -0.3 is 0 Å². The Morgan fingerprint density at radius 3 is 1.60 bits per heavy atom. The van der Waals surface area contributed by atoms with Crippen molar-refractivity contribution >= 4 is 23.2 Å². The maximum absolute atomic E-state index is 12.2. The number of rotatable bonds is 2. The fraction of sp³-hybridized carbons (Fsp3) is 1.00. The molecule has 0 fully saturated rings. The van der Waals surface area contributed by atoms with Crippen LogP contribution in [0.15, 0.2) is 0 Å². The number of halogens is 6. The van der Waals surface area contributed by atoms with Crippen LogP contribution in [-0.2, 0) is 0 Å². The molecular formula is C4H4Cl2F4. The molecule has 0 rings (SSSR count). The molecule has 10 heavy (non-hydrogen) atoms. The van der Waals surface area contributed by atoms with E-state index in [9.17, 15) is 17.6 Å². The number of hydrogen-bond acceptors (Lipinski definition) is 0. The lowest BCUT2D eigenvalue weighted by Crippen LogP contribution is -2.25. The summed E-state index contributed by atoms with van der Waals surface area (Å²) in [7, 11) is 0. The normalized spacial score (nSPS) is 18.6. The molecule has 0 unspecified atom stereocenters. The van der Waals surface area contributed by atoms with E-state index >= 15 is 0 Å². The SMILES string of the molecule is FC(F)(F)C[C@](F)(Cl)CCl. The molecule has 0 aliphatic heterocycles. The van der Waals surface area contributed by atoms with Gasteiger partial charge in [-0.25, -0.2) is 4.39 Å². The van der Waals surface area contributed by atoms with E-state index in [4.69, 9.17) is 11.6 Å². The minimum Gasteiger partial charge on any atom is -0.225 e. The molecule has 0 N–H and O–H groups in total. The molecule has 6 heteroatoms. The van der Waals surface area contributed by atoms with Crippen LogP contribution < -0.4 is 0 Å². The van der Waals surface area contributed by atoms with Gasteiger partial charge in [-0.05, 0) is 0 Å². The first kappa shape index (κ1) is 10.3.